The van der Waals surface area contributed by atoms with Crippen molar-refractivity contribution in [2.24, 2.45) is 10.2 Å². The van der Waals surface area contributed by atoms with Crippen molar-refractivity contribution in [2.75, 3.05) is 11.4 Å². The molecule has 1 N–H and O–H groups in total. The van der Waals surface area contributed by atoms with Gasteiger partial charge < -0.3 is 4.90 Å². The number of nitrogens with zero attached hydrogens (tertiary/aromatic N) is 4. The average Bonchev–Trinajstić information content (AvgIpc) is 3.19. The first kappa shape index (κ1) is 22.1. The molecule has 0 saturated heterocycles. The minimum absolute atomic E-state index is 0.194. The number of aryl methyl sites for hydroxylation is 1. The monoisotopic (exact) mass is 466 g/mol. The minimum Gasteiger partial charge on any atom is -0.367 e. The van der Waals surface area contributed by atoms with Crippen molar-refractivity contribution in [3.05, 3.63) is 77.9 Å². The number of aromatic nitrogens is 1. The lowest BCUT2D eigenvalue weighted by Gasteiger charge is -2.25. The quantitative estimate of drug-likeness (QED) is 0.255. The second-order valence-electron chi connectivity index (χ2n) is 7.27. The van der Waals surface area contributed by atoms with Crippen LogP contribution in [0.3, 0.4) is 0 Å². The zero-order valence-corrected chi connectivity index (χ0v) is 19.3. The molecule has 0 aliphatic rings. The molecule has 0 amide bonds. The second-order valence-corrected chi connectivity index (χ2v) is 9.70. The van der Waals surface area contributed by atoms with E-state index in [-0.39, 0.29) is 4.90 Å². The number of azo groups is 1. The smallest absolute Gasteiger partial charge is 0.294 e. The zero-order valence-electron chi connectivity index (χ0n) is 17.6. The maximum absolute atomic E-state index is 11.3. The van der Waals surface area contributed by atoms with Crippen molar-refractivity contribution in [3.8, 4) is 0 Å². The van der Waals surface area contributed by atoms with Crippen molar-refractivity contribution in [2.45, 2.75) is 25.3 Å². The number of benzene rings is 3. The van der Waals surface area contributed by atoms with E-state index in [4.69, 9.17) is 0 Å². The Hall–Kier alpha value is -3.14. The van der Waals surface area contributed by atoms with Crippen LogP contribution in [0.5, 0.6) is 0 Å². The fourth-order valence-electron chi connectivity index (χ4n) is 3.43. The molecule has 4 aromatic rings. The Morgan fingerprint density at radius 3 is 2.50 bits per heavy atom. The predicted octanol–water partition coefficient (Wildman–Crippen LogP) is 6.29. The van der Waals surface area contributed by atoms with Gasteiger partial charge >= 0.3 is 0 Å². The van der Waals surface area contributed by atoms with E-state index in [1.54, 1.807) is 6.07 Å². The molecule has 7 nitrogen and oxygen atoms in total. The van der Waals surface area contributed by atoms with Crippen molar-refractivity contribution in [1.29, 1.82) is 0 Å². The van der Waals surface area contributed by atoms with Gasteiger partial charge in [-0.2, -0.15) is 8.42 Å². The SMILES string of the molecule is CCN(Cc1ccccc1)c1ccc(N=Nc2nc3cc(S(=O)(=O)O)ccc3s2)cc1C. The highest BCUT2D eigenvalue weighted by atomic mass is 32.2. The van der Waals surface area contributed by atoms with Crippen LogP contribution in [-0.4, -0.2) is 24.5 Å². The summed E-state index contributed by atoms with van der Waals surface area (Å²) in [6.07, 6.45) is 0. The van der Waals surface area contributed by atoms with Crippen LogP contribution >= 0.6 is 11.3 Å². The van der Waals surface area contributed by atoms with Crippen molar-refractivity contribution >= 4 is 48.2 Å². The van der Waals surface area contributed by atoms with E-state index in [9.17, 15) is 13.0 Å². The molecular weight excluding hydrogens is 444 g/mol. The Morgan fingerprint density at radius 2 is 1.81 bits per heavy atom. The highest BCUT2D eigenvalue weighted by Crippen LogP contribution is 2.32. The molecule has 32 heavy (non-hydrogen) atoms. The van der Waals surface area contributed by atoms with Crippen molar-refractivity contribution < 1.29 is 13.0 Å². The van der Waals surface area contributed by atoms with E-state index < -0.39 is 10.1 Å². The average molecular weight is 467 g/mol. The van der Waals surface area contributed by atoms with Gasteiger partial charge in [-0.05, 0) is 61.4 Å². The first-order valence-electron chi connectivity index (χ1n) is 10.0. The summed E-state index contributed by atoms with van der Waals surface area (Å²) in [7, 11) is -4.27. The van der Waals surface area contributed by atoms with E-state index in [0.717, 1.165) is 29.0 Å². The summed E-state index contributed by atoms with van der Waals surface area (Å²) in [5, 5.41) is 8.93. The molecule has 0 bridgehead atoms. The topological polar surface area (TPSA) is 95.2 Å². The van der Waals surface area contributed by atoms with E-state index >= 15 is 0 Å². The van der Waals surface area contributed by atoms with Crippen LogP contribution in [0.4, 0.5) is 16.5 Å². The Labute approximate surface area is 190 Å². The van der Waals surface area contributed by atoms with Gasteiger partial charge in [-0.3, -0.25) is 4.55 Å². The van der Waals surface area contributed by atoms with Gasteiger partial charge in [-0.15, -0.1) is 10.2 Å². The fourth-order valence-corrected chi connectivity index (χ4v) is 4.69. The van der Waals surface area contributed by atoms with E-state index in [1.165, 1.54) is 29.0 Å². The third kappa shape index (κ3) is 5.01. The lowest BCUT2D eigenvalue weighted by molar-refractivity contribution is 0.483. The van der Waals surface area contributed by atoms with Crippen LogP contribution in [0.2, 0.25) is 0 Å². The molecule has 0 spiro atoms. The number of hydrogen-bond acceptors (Lipinski definition) is 7. The van der Waals surface area contributed by atoms with Gasteiger partial charge in [0.05, 0.1) is 20.8 Å². The maximum Gasteiger partial charge on any atom is 0.294 e. The van der Waals surface area contributed by atoms with E-state index in [1.807, 2.05) is 36.4 Å². The molecule has 0 radical (unpaired) electrons. The van der Waals surface area contributed by atoms with Gasteiger partial charge in [0, 0.05) is 18.8 Å². The second kappa shape index (κ2) is 9.15. The summed E-state index contributed by atoms with van der Waals surface area (Å²) in [6.45, 7) is 5.90. The summed E-state index contributed by atoms with van der Waals surface area (Å²) in [5.74, 6) is 0. The summed E-state index contributed by atoms with van der Waals surface area (Å²) in [6, 6.07) is 20.6. The zero-order chi connectivity index (χ0) is 22.7. The third-order valence-electron chi connectivity index (χ3n) is 5.02. The Bertz CT molecular complexity index is 1380. The van der Waals surface area contributed by atoms with Gasteiger partial charge in [0.2, 0.25) is 5.13 Å². The van der Waals surface area contributed by atoms with Crippen molar-refractivity contribution in [3.63, 3.8) is 0 Å². The first-order chi connectivity index (χ1) is 15.3. The van der Waals surface area contributed by atoms with Gasteiger partial charge in [0.15, 0.2) is 0 Å². The highest BCUT2D eigenvalue weighted by molar-refractivity contribution is 7.85. The summed E-state index contributed by atoms with van der Waals surface area (Å²) >= 11 is 1.30. The van der Waals surface area contributed by atoms with Gasteiger partial charge in [-0.1, -0.05) is 41.7 Å². The maximum atomic E-state index is 11.3. The summed E-state index contributed by atoms with van der Waals surface area (Å²) < 4.78 is 32.6. The Kier molecular flexibility index (Phi) is 6.31. The number of fused-ring (bicyclic) bond motifs is 1. The van der Waals surface area contributed by atoms with Crippen molar-refractivity contribution in [1.82, 2.24) is 4.98 Å². The highest BCUT2D eigenvalue weighted by Gasteiger charge is 2.13. The number of hydrogen-bond donors (Lipinski definition) is 1. The molecule has 1 aromatic heterocycles. The van der Waals surface area contributed by atoms with Crippen LogP contribution in [-0.2, 0) is 16.7 Å². The summed E-state index contributed by atoms with van der Waals surface area (Å²) in [5.41, 5.74) is 4.66. The molecule has 0 saturated carbocycles. The predicted molar refractivity (Wildman–Crippen MR) is 128 cm³/mol. The summed E-state index contributed by atoms with van der Waals surface area (Å²) in [4.78, 5) is 6.42. The lowest BCUT2D eigenvalue weighted by Crippen LogP contribution is -2.22. The Morgan fingerprint density at radius 1 is 1.03 bits per heavy atom. The van der Waals surface area contributed by atoms with Crippen LogP contribution in [0.25, 0.3) is 10.2 Å². The Balaban J connectivity index is 1.54. The molecule has 0 unspecified atom stereocenters. The van der Waals surface area contributed by atoms with E-state index in [0.29, 0.717) is 16.3 Å². The fraction of sp³-hybridized carbons (Fsp3) is 0.174. The van der Waals surface area contributed by atoms with Gasteiger partial charge in [0.1, 0.15) is 0 Å². The molecular formula is C23H22N4O3S2. The largest absolute Gasteiger partial charge is 0.367 e. The third-order valence-corrected chi connectivity index (χ3v) is 6.79. The molecule has 164 valence electrons. The molecule has 4 rings (SSSR count). The minimum atomic E-state index is -4.27. The first-order valence-corrected chi connectivity index (χ1v) is 12.3. The molecule has 3 aromatic carbocycles. The normalized spacial score (nSPS) is 12.0. The lowest BCUT2D eigenvalue weighted by atomic mass is 10.1. The number of thiazole rings is 1. The molecule has 0 fully saturated rings. The molecule has 0 aliphatic carbocycles. The molecule has 9 heteroatoms. The van der Waals surface area contributed by atoms with Crippen LogP contribution in [0.15, 0.2) is 81.9 Å². The molecule has 0 aliphatic heterocycles. The van der Waals surface area contributed by atoms with Crippen LogP contribution in [0.1, 0.15) is 18.1 Å². The van der Waals surface area contributed by atoms with Crippen LogP contribution < -0.4 is 4.90 Å². The standard InChI is InChI=1S/C23H22N4O3S2/c1-3-27(15-17-7-5-4-6-8-17)21-11-9-18(13-16(21)2)25-26-23-24-20-14-19(32(28,29)30)10-12-22(20)31-23/h4-14H,3,15H2,1-2H3,(H,28,29,30). The van der Waals surface area contributed by atoms with Crippen LogP contribution in [0, 0.1) is 6.92 Å². The van der Waals surface area contributed by atoms with E-state index in [2.05, 4.69) is 46.1 Å². The molecule has 0 atom stereocenters. The number of anilines is 1. The number of rotatable bonds is 7. The molecule has 1 heterocycles. The van der Waals surface area contributed by atoms with Gasteiger partial charge in [-0.25, -0.2) is 4.98 Å². The van der Waals surface area contributed by atoms with Gasteiger partial charge in [0.25, 0.3) is 10.1 Å².